The van der Waals surface area contributed by atoms with Crippen molar-refractivity contribution < 1.29 is 4.79 Å². The van der Waals surface area contributed by atoms with Gasteiger partial charge >= 0.3 is 0 Å². The van der Waals surface area contributed by atoms with Crippen LogP contribution in [0.3, 0.4) is 0 Å². The lowest BCUT2D eigenvalue weighted by atomic mass is 10.1. The first-order valence-corrected chi connectivity index (χ1v) is 12.2. The first-order valence-electron chi connectivity index (χ1n) is 11.3. The number of H-pyrrole nitrogens is 2. The minimum atomic E-state index is -0.102. The van der Waals surface area contributed by atoms with Crippen LogP contribution in [0.5, 0.6) is 0 Å². The molecule has 0 aliphatic carbocycles. The van der Waals surface area contributed by atoms with Crippen LogP contribution in [0.4, 0.5) is 5.69 Å². The summed E-state index contributed by atoms with van der Waals surface area (Å²) >= 11 is 1.68. The number of anilines is 1. The minimum Gasteiger partial charge on any atom is -0.352 e. The van der Waals surface area contributed by atoms with Gasteiger partial charge in [-0.25, -0.2) is 4.98 Å². The van der Waals surface area contributed by atoms with Crippen LogP contribution in [0.1, 0.15) is 0 Å². The summed E-state index contributed by atoms with van der Waals surface area (Å²) in [5.74, 6) is -0.102. The molecule has 0 spiro atoms. The summed E-state index contributed by atoms with van der Waals surface area (Å²) in [6, 6.07) is 12.0. The molecule has 0 atom stereocenters. The number of nitrogens with one attached hydrogen (secondary N) is 3. The Labute approximate surface area is 210 Å². The number of hydrogen-bond donors (Lipinski definition) is 3. The lowest BCUT2D eigenvalue weighted by molar-refractivity contribution is -0.116. The number of nitrogens with zero attached hydrogens (tertiary/aromatic N) is 5. The number of thiophene rings is 1. The Bertz CT molecular complexity index is 1700. The molecule has 0 aliphatic rings. The zero-order valence-electron chi connectivity index (χ0n) is 19.6. The number of aromatic amines is 2. The van der Waals surface area contributed by atoms with Crippen LogP contribution in [0.2, 0.25) is 0 Å². The maximum absolute atomic E-state index is 12.2. The minimum absolute atomic E-state index is 0.102. The van der Waals surface area contributed by atoms with Crippen LogP contribution in [0, 0.1) is 0 Å². The Balaban J connectivity index is 1.38. The molecule has 0 bridgehead atoms. The van der Waals surface area contributed by atoms with Crippen molar-refractivity contribution in [3.63, 3.8) is 0 Å². The average Bonchev–Trinajstić information content (AvgIpc) is 3.62. The fourth-order valence-electron chi connectivity index (χ4n) is 4.19. The molecule has 178 valence electrons. The van der Waals surface area contributed by atoms with Gasteiger partial charge in [0.15, 0.2) is 0 Å². The van der Waals surface area contributed by atoms with E-state index >= 15 is 0 Å². The average molecular weight is 495 g/mol. The van der Waals surface area contributed by atoms with Crippen LogP contribution in [-0.2, 0) is 4.79 Å². The third kappa shape index (κ3) is 4.12. The molecular formula is C26H22N8OS. The zero-order chi connectivity index (χ0) is 24.6. The van der Waals surface area contributed by atoms with Crippen molar-refractivity contribution in [1.29, 1.82) is 0 Å². The van der Waals surface area contributed by atoms with Gasteiger partial charge in [0, 0.05) is 33.8 Å². The van der Waals surface area contributed by atoms with E-state index in [1.54, 1.807) is 23.7 Å². The van der Waals surface area contributed by atoms with Crippen molar-refractivity contribution in [3.8, 4) is 33.1 Å². The number of pyridine rings is 3. The summed E-state index contributed by atoms with van der Waals surface area (Å²) in [4.78, 5) is 32.2. The molecule has 6 rings (SSSR count). The van der Waals surface area contributed by atoms with E-state index < -0.39 is 0 Å². The Morgan fingerprint density at radius 1 is 1.06 bits per heavy atom. The molecule has 6 heterocycles. The highest BCUT2D eigenvalue weighted by Gasteiger charge is 2.16. The quantitative estimate of drug-likeness (QED) is 0.307. The largest absolute Gasteiger partial charge is 0.352 e. The highest BCUT2D eigenvalue weighted by atomic mass is 32.1. The van der Waals surface area contributed by atoms with Gasteiger partial charge in [0.25, 0.3) is 0 Å². The van der Waals surface area contributed by atoms with Gasteiger partial charge in [-0.1, -0.05) is 6.07 Å². The molecule has 0 radical (unpaired) electrons. The van der Waals surface area contributed by atoms with Gasteiger partial charge in [0.2, 0.25) is 5.91 Å². The zero-order valence-corrected chi connectivity index (χ0v) is 20.4. The maximum Gasteiger partial charge on any atom is 0.238 e. The van der Waals surface area contributed by atoms with Crippen LogP contribution in [0.15, 0.2) is 66.6 Å². The summed E-state index contributed by atoms with van der Waals surface area (Å²) in [6.07, 6.45) is 7.08. The van der Waals surface area contributed by atoms with Gasteiger partial charge in [-0.05, 0) is 49.8 Å². The van der Waals surface area contributed by atoms with Gasteiger partial charge in [0.05, 0.1) is 47.0 Å². The highest BCUT2D eigenvalue weighted by molar-refractivity contribution is 7.13. The third-order valence-corrected chi connectivity index (χ3v) is 6.68. The number of amides is 1. The lowest BCUT2D eigenvalue weighted by Crippen LogP contribution is -2.27. The fourth-order valence-corrected chi connectivity index (χ4v) is 4.94. The second-order valence-electron chi connectivity index (χ2n) is 8.72. The summed E-state index contributed by atoms with van der Waals surface area (Å²) in [5.41, 5.74) is 7.33. The van der Waals surface area contributed by atoms with Gasteiger partial charge in [0.1, 0.15) is 11.2 Å². The van der Waals surface area contributed by atoms with E-state index in [2.05, 4.69) is 48.0 Å². The second kappa shape index (κ2) is 8.99. The summed E-state index contributed by atoms with van der Waals surface area (Å²) in [5, 5.41) is 13.7. The number of rotatable bonds is 6. The van der Waals surface area contributed by atoms with Gasteiger partial charge in [-0.3, -0.25) is 19.9 Å². The molecular weight excluding hydrogens is 472 g/mol. The number of hydrogen-bond acceptors (Lipinski definition) is 7. The molecule has 6 aromatic heterocycles. The van der Waals surface area contributed by atoms with Crippen molar-refractivity contribution >= 4 is 44.9 Å². The Kier molecular flexibility index (Phi) is 5.51. The summed E-state index contributed by atoms with van der Waals surface area (Å²) in [6.45, 7) is 0.293. The third-order valence-electron chi connectivity index (χ3n) is 5.77. The molecule has 9 nitrogen and oxygen atoms in total. The number of carbonyl (C=O) groups excluding carboxylic acids is 1. The summed E-state index contributed by atoms with van der Waals surface area (Å²) in [7, 11) is 3.70. The van der Waals surface area contributed by atoms with E-state index in [0.717, 1.165) is 55.0 Å². The normalized spacial score (nSPS) is 11.5. The van der Waals surface area contributed by atoms with Crippen molar-refractivity contribution in [2.24, 2.45) is 0 Å². The molecule has 0 saturated carbocycles. The summed E-state index contributed by atoms with van der Waals surface area (Å²) < 4.78 is 0. The number of likely N-dealkylation sites (N-methyl/N-ethyl adjacent to an activating group) is 1. The predicted octanol–water partition coefficient (Wildman–Crippen LogP) is 4.79. The highest BCUT2D eigenvalue weighted by Crippen LogP contribution is 2.35. The van der Waals surface area contributed by atoms with Crippen LogP contribution in [0.25, 0.3) is 55.0 Å². The van der Waals surface area contributed by atoms with Crippen LogP contribution < -0.4 is 5.32 Å². The van der Waals surface area contributed by atoms with Crippen molar-refractivity contribution in [3.05, 3.63) is 66.6 Å². The Morgan fingerprint density at radius 3 is 2.78 bits per heavy atom. The Hall–Kier alpha value is -4.41. The molecule has 0 unspecified atom stereocenters. The maximum atomic E-state index is 12.2. The topological polar surface area (TPSA) is 115 Å². The molecule has 36 heavy (non-hydrogen) atoms. The lowest BCUT2D eigenvalue weighted by Gasteiger charge is -2.10. The van der Waals surface area contributed by atoms with E-state index in [0.29, 0.717) is 12.2 Å². The van der Waals surface area contributed by atoms with Gasteiger partial charge < -0.3 is 15.2 Å². The standard InChI is InChI=1S/C26H22N8OS/c1-34(2)14-24(35)29-16-8-15(10-27-11-16)19-5-6-20-25(31-19)26(33-32-20)21-9-17-18(23-4-3-7-36-23)12-28-13-22(17)30-21/h3-13,30H,14H2,1-2H3,(H,29,35)(H,32,33). The van der Waals surface area contributed by atoms with Gasteiger partial charge in [-0.2, -0.15) is 5.10 Å². The van der Waals surface area contributed by atoms with Gasteiger partial charge in [-0.15, -0.1) is 11.3 Å². The SMILES string of the molecule is CN(C)CC(=O)Nc1cncc(-c2ccc3[nH]nc(-c4cc5c(-c6cccs6)cncc5[nH]4)c3n2)c1. The fraction of sp³-hybridized carbons (Fsp3) is 0.115. The monoisotopic (exact) mass is 494 g/mol. The van der Waals surface area contributed by atoms with E-state index in [4.69, 9.17) is 4.98 Å². The Morgan fingerprint density at radius 2 is 1.94 bits per heavy atom. The number of carbonyl (C=O) groups is 1. The van der Waals surface area contributed by atoms with Crippen molar-refractivity contribution in [1.82, 2.24) is 35.0 Å². The van der Waals surface area contributed by atoms with E-state index in [1.165, 1.54) is 0 Å². The van der Waals surface area contributed by atoms with E-state index in [-0.39, 0.29) is 5.91 Å². The molecule has 0 saturated heterocycles. The molecule has 0 aromatic carbocycles. The number of fused-ring (bicyclic) bond motifs is 2. The van der Waals surface area contributed by atoms with E-state index in [9.17, 15) is 4.79 Å². The number of aromatic nitrogens is 6. The molecule has 10 heteroatoms. The molecule has 3 N–H and O–H groups in total. The molecule has 0 aliphatic heterocycles. The van der Waals surface area contributed by atoms with Crippen LogP contribution in [-0.4, -0.2) is 61.6 Å². The molecule has 1 amide bonds. The first kappa shape index (κ1) is 22.1. The smallest absolute Gasteiger partial charge is 0.238 e. The van der Waals surface area contributed by atoms with E-state index in [1.807, 2.05) is 55.7 Å². The molecule has 0 fully saturated rings. The predicted molar refractivity (Wildman–Crippen MR) is 143 cm³/mol. The molecule has 6 aromatic rings. The second-order valence-corrected chi connectivity index (χ2v) is 9.67. The first-order chi connectivity index (χ1) is 17.5. The van der Waals surface area contributed by atoms with Crippen molar-refractivity contribution in [2.45, 2.75) is 0 Å². The van der Waals surface area contributed by atoms with Crippen molar-refractivity contribution in [2.75, 3.05) is 26.0 Å². The van der Waals surface area contributed by atoms with Crippen LogP contribution >= 0.6 is 11.3 Å².